The zero-order valence-electron chi connectivity index (χ0n) is 15.7. The molecule has 0 spiro atoms. The van der Waals surface area contributed by atoms with Gasteiger partial charge in [-0.3, -0.25) is 9.79 Å². The van der Waals surface area contributed by atoms with Crippen molar-refractivity contribution in [2.45, 2.75) is 51.9 Å². The van der Waals surface area contributed by atoms with Crippen molar-refractivity contribution in [2.24, 2.45) is 16.6 Å². The van der Waals surface area contributed by atoms with Crippen LogP contribution in [0.5, 0.6) is 0 Å². The van der Waals surface area contributed by atoms with E-state index in [4.69, 9.17) is 10.7 Å². The van der Waals surface area contributed by atoms with E-state index in [1.54, 1.807) is 0 Å². The summed E-state index contributed by atoms with van der Waals surface area (Å²) in [5.41, 5.74) is 5.37. The average Bonchev–Trinajstić information content (AvgIpc) is 2.82. The molecule has 0 aromatic rings. The molecular formula is C18H36IN5O. The Bertz CT molecular complexity index is 410. The van der Waals surface area contributed by atoms with E-state index in [0.29, 0.717) is 12.3 Å². The predicted octanol–water partition coefficient (Wildman–Crippen LogP) is 2.03. The summed E-state index contributed by atoms with van der Waals surface area (Å²) in [6, 6.07) is 0. The molecule has 0 aromatic carbocycles. The molecule has 2 saturated heterocycles. The number of nitrogens with one attached hydrogen (secondary N) is 1. The normalized spacial score (nSPS) is 22.8. The minimum atomic E-state index is -0.190. The molecule has 146 valence electrons. The van der Waals surface area contributed by atoms with Gasteiger partial charge in [-0.15, -0.1) is 24.0 Å². The van der Waals surface area contributed by atoms with Gasteiger partial charge in [0.2, 0.25) is 5.91 Å². The minimum absolute atomic E-state index is 0. The number of guanidine groups is 1. The number of rotatable bonds is 6. The van der Waals surface area contributed by atoms with Crippen LogP contribution < -0.4 is 11.1 Å². The smallest absolute Gasteiger partial charge is 0.217 e. The number of carbonyl (C=O) groups is 1. The SMILES string of the molecule is CCNC(=NCCN1CCCCCC1)N1CCCC(CC(N)=O)C1.I. The van der Waals surface area contributed by atoms with Crippen LogP contribution in [0.4, 0.5) is 0 Å². The summed E-state index contributed by atoms with van der Waals surface area (Å²) in [7, 11) is 0. The van der Waals surface area contributed by atoms with Gasteiger partial charge in [-0.1, -0.05) is 12.8 Å². The van der Waals surface area contributed by atoms with Crippen molar-refractivity contribution in [1.29, 1.82) is 0 Å². The Labute approximate surface area is 170 Å². The Balaban J connectivity index is 0.00000312. The van der Waals surface area contributed by atoms with Crippen LogP contribution in [0.25, 0.3) is 0 Å². The van der Waals surface area contributed by atoms with Gasteiger partial charge < -0.3 is 20.9 Å². The molecule has 1 atom stereocenters. The second-order valence-electron chi connectivity index (χ2n) is 7.12. The number of hydrogen-bond donors (Lipinski definition) is 2. The Morgan fingerprint density at radius 2 is 1.88 bits per heavy atom. The number of piperidine rings is 1. The maximum absolute atomic E-state index is 11.2. The average molecular weight is 465 g/mol. The van der Waals surface area contributed by atoms with Crippen molar-refractivity contribution in [3.05, 3.63) is 0 Å². The highest BCUT2D eigenvalue weighted by atomic mass is 127. The molecule has 0 saturated carbocycles. The van der Waals surface area contributed by atoms with Gasteiger partial charge in [-0.25, -0.2) is 0 Å². The summed E-state index contributed by atoms with van der Waals surface area (Å²) in [5, 5.41) is 3.42. The number of hydrogen-bond acceptors (Lipinski definition) is 3. The number of amides is 1. The lowest BCUT2D eigenvalue weighted by Crippen LogP contribution is -2.47. The second-order valence-corrected chi connectivity index (χ2v) is 7.12. The number of likely N-dealkylation sites (tertiary alicyclic amines) is 2. The number of aliphatic imine (C=N–C) groups is 1. The first-order valence-electron chi connectivity index (χ1n) is 9.73. The third-order valence-electron chi connectivity index (χ3n) is 5.02. The van der Waals surface area contributed by atoms with Crippen LogP contribution in [-0.2, 0) is 4.79 Å². The number of primary amides is 1. The highest BCUT2D eigenvalue weighted by molar-refractivity contribution is 14.0. The fourth-order valence-corrected chi connectivity index (χ4v) is 3.79. The lowest BCUT2D eigenvalue weighted by atomic mass is 9.95. The van der Waals surface area contributed by atoms with E-state index in [-0.39, 0.29) is 29.9 Å². The van der Waals surface area contributed by atoms with E-state index in [9.17, 15) is 4.79 Å². The molecule has 2 rings (SSSR count). The van der Waals surface area contributed by atoms with Crippen LogP contribution in [0, 0.1) is 5.92 Å². The first-order chi connectivity index (χ1) is 11.7. The number of nitrogens with zero attached hydrogens (tertiary/aromatic N) is 3. The molecule has 25 heavy (non-hydrogen) atoms. The minimum Gasteiger partial charge on any atom is -0.370 e. The molecule has 1 unspecified atom stereocenters. The van der Waals surface area contributed by atoms with E-state index in [1.165, 1.54) is 38.8 Å². The van der Waals surface area contributed by atoms with Gasteiger partial charge in [-0.05, 0) is 51.6 Å². The lowest BCUT2D eigenvalue weighted by molar-refractivity contribution is -0.119. The Morgan fingerprint density at radius 3 is 2.52 bits per heavy atom. The zero-order valence-corrected chi connectivity index (χ0v) is 18.0. The first-order valence-corrected chi connectivity index (χ1v) is 9.73. The topological polar surface area (TPSA) is 74.0 Å². The Kier molecular flexibility index (Phi) is 11.4. The third kappa shape index (κ3) is 8.57. The highest BCUT2D eigenvalue weighted by Gasteiger charge is 2.23. The van der Waals surface area contributed by atoms with Crippen LogP contribution >= 0.6 is 24.0 Å². The molecule has 7 heteroatoms. The van der Waals surface area contributed by atoms with E-state index in [0.717, 1.165) is 51.5 Å². The van der Waals surface area contributed by atoms with Gasteiger partial charge in [0.05, 0.1) is 6.54 Å². The Morgan fingerprint density at radius 1 is 1.16 bits per heavy atom. The molecule has 1 amide bonds. The summed E-state index contributed by atoms with van der Waals surface area (Å²) in [6.45, 7) is 9.22. The quantitative estimate of drug-likeness (QED) is 0.358. The Hall–Kier alpha value is -0.570. The highest BCUT2D eigenvalue weighted by Crippen LogP contribution is 2.19. The number of halogens is 1. The first kappa shape index (κ1) is 22.5. The largest absolute Gasteiger partial charge is 0.370 e. The molecule has 3 N–H and O–H groups in total. The second kappa shape index (κ2) is 12.7. The monoisotopic (exact) mass is 465 g/mol. The molecule has 2 aliphatic heterocycles. The van der Waals surface area contributed by atoms with Crippen molar-refractivity contribution in [3.63, 3.8) is 0 Å². The summed E-state index contributed by atoms with van der Waals surface area (Å²) >= 11 is 0. The summed E-state index contributed by atoms with van der Waals surface area (Å²) in [6.07, 6.45) is 8.08. The van der Waals surface area contributed by atoms with Crippen LogP contribution in [0.1, 0.15) is 51.9 Å². The molecule has 2 fully saturated rings. The maximum atomic E-state index is 11.2. The summed E-state index contributed by atoms with van der Waals surface area (Å²) < 4.78 is 0. The van der Waals surface area contributed by atoms with Crippen LogP contribution in [0.15, 0.2) is 4.99 Å². The van der Waals surface area contributed by atoms with Gasteiger partial charge in [0.15, 0.2) is 5.96 Å². The van der Waals surface area contributed by atoms with E-state index < -0.39 is 0 Å². The number of carbonyl (C=O) groups excluding carboxylic acids is 1. The zero-order chi connectivity index (χ0) is 17.2. The number of nitrogens with two attached hydrogens (primary N) is 1. The van der Waals surface area contributed by atoms with Crippen molar-refractivity contribution < 1.29 is 4.79 Å². The van der Waals surface area contributed by atoms with Gasteiger partial charge in [0.25, 0.3) is 0 Å². The van der Waals surface area contributed by atoms with E-state index in [2.05, 4.69) is 22.0 Å². The van der Waals surface area contributed by atoms with Gasteiger partial charge in [-0.2, -0.15) is 0 Å². The van der Waals surface area contributed by atoms with Crippen molar-refractivity contribution >= 4 is 35.8 Å². The lowest BCUT2D eigenvalue weighted by Gasteiger charge is -2.34. The van der Waals surface area contributed by atoms with Crippen LogP contribution in [0.2, 0.25) is 0 Å². The van der Waals surface area contributed by atoms with Gasteiger partial charge in [0.1, 0.15) is 0 Å². The van der Waals surface area contributed by atoms with Crippen molar-refractivity contribution in [2.75, 3.05) is 45.8 Å². The van der Waals surface area contributed by atoms with Crippen molar-refractivity contribution in [1.82, 2.24) is 15.1 Å². The molecule has 0 aromatic heterocycles. The fourth-order valence-electron chi connectivity index (χ4n) is 3.79. The molecule has 0 radical (unpaired) electrons. The molecule has 0 aliphatic carbocycles. The third-order valence-corrected chi connectivity index (χ3v) is 5.02. The van der Waals surface area contributed by atoms with E-state index >= 15 is 0 Å². The molecule has 6 nitrogen and oxygen atoms in total. The maximum Gasteiger partial charge on any atom is 0.217 e. The van der Waals surface area contributed by atoms with Crippen molar-refractivity contribution in [3.8, 4) is 0 Å². The summed E-state index contributed by atoms with van der Waals surface area (Å²) in [4.78, 5) is 20.9. The van der Waals surface area contributed by atoms with Crippen LogP contribution in [-0.4, -0.2) is 67.5 Å². The predicted molar refractivity (Wildman–Crippen MR) is 114 cm³/mol. The summed E-state index contributed by atoms with van der Waals surface area (Å²) in [5.74, 6) is 1.18. The fraction of sp³-hybridized carbons (Fsp3) is 0.889. The molecule has 2 heterocycles. The standard InChI is InChI=1S/C18H35N5O.HI/c1-2-20-18(21-9-13-22-10-5-3-4-6-11-22)23-12-7-8-16(15-23)14-17(19)24;/h16H,2-15H2,1H3,(H2,19,24)(H,20,21);1H. The van der Waals surface area contributed by atoms with Crippen LogP contribution in [0.3, 0.4) is 0 Å². The molecule has 2 aliphatic rings. The molecular weight excluding hydrogens is 429 g/mol. The van der Waals surface area contributed by atoms with E-state index in [1.807, 2.05) is 0 Å². The van der Waals surface area contributed by atoms with Gasteiger partial charge >= 0.3 is 0 Å². The van der Waals surface area contributed by atoms with Gasteiger partial charge in [0, 0.05) is 32.6 Å². The molecule has 0 bridgehead atoms.